The number of carboxylic acids is 1. The van der Waals surface area contributed by atoms with Crippen molar-refractivity contribution in [3.63, 3.8) is 0 Å². The molecule has 0 spiro atoms. The zero-order valence-electron chi connectivity index (χ0n) is 14.3. The molecule has 25 heavy (non-hydrogen) atoms. The van der Waals surface area contributed by atoms with Gasteiger partial charge in [0.05, 0.1) is 0 Å². The van der Waals surface area contributed by atoms with Gasteiger partial charge in [0.2, 0.25) is 0 Å². The van der Waals surface area contributed by atoms with Crippen LogP contribution in [-0.4, -0.2) is 57.1 Å². The van der Waals surface area contributed by atoms with E-state index in [1.807, 2.05) is 0 Å². The Hall–Kier alpha value is -2.90. The van der Waals surface area contributed by atoms with E-state index < -0.39 is 42.2 Å². The Labute approximate surface area is 145 Å². The van der Waals surface area contributed by atoms with E-state index in [9.17, 15) is 24.3 Å². The molecule has 1 N–H and O–H groups in total. The smallest absolute Gasteiger partial charge is 0.419 e. The summed E-state index contributed by atoms with van der Waals surface area (Å²) in [5.41, 5.74) is -0.185. The van der Waals surface area contributed by atoms with Crippen molar-refractivity contribution < 1.29 is 29.0 Å². The third kappa shape index (κ3) is 4.34. The number of carbonyl (C=O) groups is 4. The second kappa shape index (κ2) is 6.92. The summed E-state index contributed by atoms with van der Waals surface area (Å²) in [5.74, 6) is -2.07. The maximum Gasteiger partial charge on any atom is 0.419 e. The molecule has 1 fully saturated rings. The fourth-order valence-corrected chi connectivity index (χ4v) is 2.41. The van der Waals surface area contributed by atoms with E-state index >= 15 is 0 Å². The summed E-state index contributed by atoms with van der Waals surface area (Å²) in [4.78, 5) is 49.5. The molecule has 1 atom stereocenters. The molecule has 1 heterocycles. The minimum atomic E-state index is -1.39. The molecule has 1 aromatic carbocycles. The van der Waals surface area contributed by atoms with Crippen LogP contribution in [0.3, 0.4) is 0 Å². The summed E-state index contributed by atoms with van der Waals surface area (Å²) in [5, 5.41) is 9.46. The predicted molar refractivity (Wildman–Crippen MR) is 86.8 cm³/mol. The number of nitrogens with zero attached hydrogens (tertiary/aromatic N) is 2. The van der Waals surface area contributed by atoms with Crippen LogP contribution in [0, 0.1) is 0 Å². The molecule has 0 bridgehead atoms. The first-order chi connectivity index (χ1) is 11.6. The number of ether oxygens (including phenoxy) is 1. The van der Waals surface area contributed by atoms with Gasteiger partial charge in [-0.1, -0.05) is 30.3 Å². The highest BCUT2D eigenvalue weighted by Gasteiger charge is 2.47. The topological polar surface area (TPSA) is 104 Å². The minimum Gasteiger partial charge on any atom is -0.480 e. The average molecular weight is 348 g/mol. The minimum absolute atomic E-state index is 0.0458. The van der Waals surface area contributed by atoms with Crippen molar-refractivity contribution >= 4 is 24.0 Å². The third-order valence-electron chi connectivity index (χ3n) is 3.48. The van der Waals surface area contributed by atoms with Crippen LogP contribution < -0.4 is 0 Å². The number of imide groups is 2. The van der Waals surface area contributed by atoms with Crippen LogP contribution in [0.2, 0.25) is 0 Å². The highest BCUT2D eigenvalue weighted by molar-refractivity contribution is 6.10. The zero-order valence-corrected chi connectivity index (χ0v) is 14.3. The summed E-state index contributed by atoms with van der Waals surface area (Å²) in [6.45, 7) is 4.34. The summed E-state index contributed by atoms with van der Waals surface area (Å²) in [6.07, 6.45) is -1.02. The van der Waals surface area contributed by atoms with Crippen LogP contribution in [0.1, 0.15) is 26.3 Å². The fourth-order valence-electron chi connectivity index (χ4n) is 2.41. The molecular weight excluding hydrogens is 328 g/mol. The predicted octanol–water partition coefficient (Wildman–Crippen LogP) is 1.88. The maximum atomic E-state index is 12.4. The zero-order chi connectivity index (χ0) is 18.8. The first kappa shape index (κ1) is 18.4. The van der Waals surface area contributed by atoms with E-state index in [-0.39, 0.29) is 6.42 Å². The van der Waals surface area contributed by atoms with E-state index in [0.717, 1.165) is 0 Å². The van der Waals surface area contributed by atoms with Gasteiger partial charge in [0.1, 0.15) is 18.2 Å². The van der Waals surface area contributed by atoms with Gasteiger partial charge in [-0.25, -0.2) is 24.2 Å². The lowest BCUT2D eigenvalue weighted by atomic mass is 10.1. The highest BCUT2D eigenvalue weighted by Crippen LogP contribution is 2.20. The molecule has 1 aromatic rings. The van der Waals surface area contributed by atoms with Crippen LogP contribution in [0.4, 0.5) is 9.59 Å². The second-order valence-electron chi connectivity index (χ2n) is 6.66. The van der Waals surface area contributed by atoms with E-state index in [1.165, 1.54) is 0 Å². The first-order valence-electron chi connectivity index (χ1n) is 7.73. The van der Waals surface area contributed by atoms with Crippen LogP contribution in [-0.2, 0) is 20.7 Å². The lowest BCUT2D eigenvalue weighted by molar-refractivity contribution is -0.146. The van der Waals surface area contributed by atoms with Crippen LogP contribution in [0.25, 0.3) is 0 Å². The van der Waals surface area contributed by atoms with Crippen molar-refractivity contribution in [1.82, 2.24) is 9.80 Å². The van der Waals surface area contributed by atoms with E-state index in [1.54, 1.807) is 51.1 Å². The summed E-state index contributed by atoms with van der Waals surface area (Å²) in [6, 6.07) is 6.26. The van der Waals surface area contributed by atoms with Crippen LogP contribution in [0.5, 0.6) is 0 Å². The number of carbonyl (C=O) groups excluding carboxylic acids is 3. The first-order valence-corrected chi connectivity index (χ1v) is 7.73. The maximum absolute atomic E-state index is 12.4. The molecule has 1 saturated heterocycles. The Morgan fingerprint density at radius 1 is 1.20 bits per heavy atom. The molecule has 1 aliphatic rings. The van der Waals surface area contributed by atoms with Crippen molar-refractivity contribution in [2.24, 2.45) is 0 Å². The molecule has 8 heteroatoms. The third-order valence-corrected chi connectivity index (χ3v) is 3.48. The quantitative estimate of drug-likeness (QED) is 0.833. The van der Waals surface area contributed by atoms with E-state index in [2.05, 4.69) is 0 Å². The Morgan fingerprint density at radius 3 is 2.32 bits per heavy atom. The largest absolute Gasteiger partial charge is 0.480 e. The van der Waals surface area contributed by atoms with Gasteiger partial charge in [0.25, 0.3) is 5.91 Å². The number of urea groups is 1. The number of hydrogen-bond acceptors (Lipinski definition) is 5. The Kier molecular flexibility index (Phi) is 5.10. The monoisotopic (exact) mass is 348 g/mol. The van der Waals surface area contributed by atoms with Gasteiger partial charge in [-0.05, 0) is 26.3 Å². The van der Waals surface area contributed by atoms with Gasteiger partial charge in [-0.15, -0.1) is 0 Å². The van der Waals surface area contributed by atoms with Crippen molar-refractivity contribution in [3.05, 3.63) is 35.9 Å². The number of aliphatic carboxylic acids is 1. The molecule has 134 valence electrons. The molecule has 0 aliphatic carbocycles. The number of benzene rings is 1. The number of hydrogen-bond donors (Lipinski definition) is 1. The van der Waals surface area contributed by atoms with Crippen molar-refractivity contribution in [2.75, 3.05) is 6.54 Å². The Morgan fingerprint density at radius 2 is 1.80 bits per heavy atom. The van der Waals surface area contributed by atoms with E-state index in [0.29, 0.717) is 15.4 Å². The lowest BCUT2D eigenvalue weighted by Crippen LogP contribution is -2.48. The molecule has 0 unspecified atom stereocenters. The van der Waals surface area contributed by atoms with Gasteiger partial charge in [-0.2, -0.15) is 0 Å². The molecule has 1 aliphatic heterocycles. The summed E-state index contributed by atoms with van der Waals surface area (Å²) >= 11 is 0. The standard InChI is InChI=1S/C17H20N2O6/c1-17(2,3)25-16(24)18-10-13(20)19(15(18)23)12(14(21)22)9-11-7-5-4-6-8-11/h4-8,12H,9-10H2,1-3H3,(H,21,22)/t12-/m0/s1. The molecule has 0 saturated carbocycles. The number of carboxylic acid groups (broad SMARTS) is 1. The van der Waals surface area contributed by atoms with Crippen molar-refractivity contribution in [3.8, 4) is 0 Å². The van der Waals surface area contributed by atoms with Gasteiger partial charge in [-0.3, -0.25) is 4.79 Å². The molecule has 2 rings (SSSR count). The van der Waals surface area contributed by atoms with Crippen molar-refractivity contribution in [2.45, 2.75) is 38.8 Å². The Bertz CT molecular complexity index is 695. The SMILES string of the molecule is CC(C)(C)OC(=O)N1CC(=O)N([C@@H](Cc2ccccc2)C(=O)O)C1=O. The molecule has 0 radical (unpaired) electrons. The number of rotatable bonds is 4. The lowest BCUT2D eigenvalue weighted by Gasteiger charge is -2.24. The van der Waals surface area contributed by atoms with Gasteiger partial charge < -0.3 is 9.84 Å². The molecule has 4 amide bonds. The van der Waals surface area contributed by atoms with Gasteiger partial charge in [0.15, 0.2) is 0 Å². The van der Waals surface area contributed by atoms with E-state index in [4.69, 9.17) is 4.74 Å². The van der Waals surface area contributed by atoms with Gasteiger partial charge >= 0.3 is 18.1 Å². The normalized spacial score (nSPS) is 16.1. The molecule has 0 aromatic heterocycles. The Balaban J connectivity index is 2.21. The van der Waals surface area contributed by atoms with Crippen molar-refractivity contribution in [1.29, 1.82) is 0 Å². The van der Waals surface area contributed by atoms with Crippen LogP contribution >= 0.6 is 0 Å². The highest BCUT2D eigenvalue weighted by atomic mass is 16.6. The summed E-state index contributed by atoms with van der Waals surface area (Å²) < 4.78 is 5.09. The average Bonchev–Trinajstić information content (AvgIpc) is 2.79. The van der Waals surface area contributed by atoms with Crippen LogP contribution in [0.15, 0.2) is 30.3 Å². The van der Waals surface area contributed by atoms with Gasteiger partial charge in [0, 0.05) is 6.42 Å². The fraction of sp³-hybridized carbons (Fsp3) is 0.412. The number of amides is 4. The second-order valence-corrected chi connectivity index (χ2v) is 6.66. The summed E-state index contributed by atoms with van der Waals surface area (Å²) in [7, 11) is 0. The molecular formula is C17H20N2O6. The molecule has 8 nitrogen and oxygen atoms in total.